The summed E-state index contributed by atoms with van der Waals surface area (Å²) in [5.41, 5.74) is -2.64. The van der Waals surface area contributed by atoms with Crippen molar-refractivity contribution in [3.63, 3.8) is 0 Å². The fraction of sp³-hybridized carbons (Fsp3) is 0.947. The molecule has 0 spiro atoms. The Hall–Kier alpha value is -0.820. The van der Waals surface area contributed by atoms with Gasteiger partial charge in [0.1, 0.15) is 36.1 Å². The van der Waals surface area contributed by atoms with Gasteiger partial charge in [0.15, 0.2) is 12.6 Å². The van der Waals surface area contributed by atoms with E-state index in [1.54, 1.807) is 13.8 Å². The monoisotopic (exact) mass is 744 g/mol. The van der Waals surface area contributed by atoms with Crippen LogP contribution in [0.1, 0.15) is 86.0 Å². The molecule has 19 unspecified atom stereocenters. The van der Waals surface area contributed by atoms with E-state index in [9.17, 15) is 51.1 Å². The zero-order chi connectivity index (χ0) is 38.1. The quantitative estimate of drug-likeness (QED) is 0.122. The van der Waals surface area contributed by atoms with Crippen molar-refractivity contribution < 1.29 is 70.0 Å². The van der Waals surface area contributed by atoms with E-state index in [2.05, 4.69) is 19.9 Å². The molecule has 5 fully saturated rings. The van der Waals surface area contributed by atoms with Crippen molar-refractivity contribution in [1.82, 2.24) is 0 Å². The zero-order valence-electron chi connectivity index (χ0n) is 31.2. The smallest absolute Gasteiger partial charge is 0.187 e. The van der Waals surface area contributed by atoms with Gasteiger partial charge in [0, 0.05) is 11.8 Å². The standard InChI is InChI=1S/C38H64O14/c1-18(24(42)9-10-35(2,3)47)28-25(50-34-32(46)38(48,16-40)17-49-34)14-23-21-7-6-19-12-20(41)13-27(37(19,5)22(21)8-11-36(23,28)4)52-33-31(45)30(44)29(43)26(15-39)51-33/h6,18,20-34,39-48H,7-17H2,1-5H3. The highest BCUT2D eigenvalue weighted by atomic mass is 16.7. The summed E-state index contributed by atoms with van der Waals surface area (Å²) in [7, 11) is 0. The largest absolute Gasteiger partial charge is 0.394 e. The fourth-order valence-corrected chi connectivity index (χ4v) is 11.4. The first-order valence-corrected chi connectivity index (χ1v) is 19.3. The molecule has 52 heavy (non-hydrogen) atoms. The molecule has 14 heteroatoms. The molecule has 4 aliphatic carbocycles. The number of hydrogen-bond acceptors (Lipinski definition) is 14. The average Bonchev–Trinajstić information content (AvgIpc) is 3.55. The zero-order valence-corrected chi connectivity index (χ0v) is 31.2. The van der Waals surface area contributed by atoms with Crippen molar-refractivity contribution in [2.45, 2.75) is 165 Å². The van der Waals surface area contributed by atoms with Crippen LogP contribution >= 0.6 is 0 Å². The van der Waals surface area contributed by atoms with Crippen molar-refractivity contribution >= 4 is 0 Å². The normalized spacial score (nSPS) is 50.6. The highest BCUT2D eigenvalue weighted by molar-refractivity contribution is 5.28. The average molecular weight is 745 g/mol. The Morgan fingerprint density at radius 3 is 2.33 bits per heavy atom. The second-order valence-corrected chi connectivity index (χ2v) is 18.2. The van der Waals surface area contributed by atoms with Gasteiger partial charge < -0.3 is 70.0 Å². The van der Waals surface area contributed by atoms with Gasteiger partial charge in [-0.3, -0.25) is 0 Å². The minimum atomic E-state index is -1.85. The molecule has 6 aliphatic rings. The maximum Gasteiger partial charge on any atom is 0.187 e. The molecule has 0 bridgehead atoms. The van der Waals surface area contributed by atoms with Crippen molar-refractivity contribution in [3.05, 3.63) is 11.6 Å². The van der Waals surface area contributed by atoms with Crippen LogP contribution < -0.4 is 0 Å². The van der Waals surface area contributed by atoms with Gasteiger partial charge in [-0.05, 0) is 93.8 Å². The molecule has 0 aromatic carbocycles. The van der Waals surface area contributed by atoms with Crippen molar-refractivity contribution in [2.24, 2.45) is 40.4 Å². The van der Waals surface area contributed by atoms with E-state index in [1.807, 2.05) is 6.92 Å². The summed E-state index contributed by atoms with van der Waals surface area (Å²) in [5, 5.41) is 106. The number of ether oxygens (including phenoxy) is 4. The molecule has 300 valence electrons. The van der Waals surface area contributed by atoms with Gasteiger partial charge in [-0.2, -0.15) is 0 Å². The predicted octanol–water partition coefficient (Wildman–Crippen LogP) is -0.295. The first-order chi connectivity index (χ1) is 24.3. The van der Waals surface area contributed by atoms with Gasteiger partial charge in [0.2, 0.25) is 0 Å². The van der Waals surface area contributed by atoms with Gasteiger partial charge in [0.25, 0.3) is 0 Å². The van der Waals surface area contributed by atoms with Crippen LogP contribution in [-0.2, 0) is 18.9 Å². The summed E-state index contributed by atoms with van der Waals surface area (Å²) in [5.74, 6) is -0.136. The maximum absolute atomic E-state index is 11.6. The van der Waals surface area contributed by atoms with E-state index in [1.165, 1.54) is 0 Å². The van der Waals surface area contributed by atoms with E-state index in [4.69, 9.17) is 18.9 Å². The van der Waals surface area contributed by atoms with Crippen LogP contribution in [0.5, 0.6) is 0 Å². The van der Waals surface area contributed by atoms with Gasteiger partial charge >= 0.3 is 0 Å². The molecule has 6 rings (SSSR count). The minimum Gasteiger partial charge on any atom is -0.394 e. The van der Waals surface area contributed by atoms with Gasteiger partial charge in [-0.15, -0.1) is 0 Å². The molecule has 3 saturated carbocycles. The SMILES string of the molecule is CC(C(O)CCC(C)(C)O)C1C(OC2OCC(O)(CO)C2O)CC2C3CC=C4CC(O)CC(OC5OC(CO)C(O)C(O)C5O)C4(C)C3CCC21C. The lowest BCUT2D eigenvalue weighted by atomic mass is 9.46. The summed E-state index contributed by atoms with van der Waals surface area (Å²) in [6.45, 7) is 8.29. The number of aliphatic hydroxyl groups is 10. The first kappa shape index (κ1) is 40.8. The Morgan fingerprint density at radius 1 is 0.981 bits per heavy atom. The van der Waals surface area contributed by atoms with E-state index in [-0.39, 0.29) is 48.0 Å². The van der Waals surface area contributed by atoms with Crippen LogP contribution in [0, 0.1) is 40.4 Å². The molecule has 0 aromatic heterocycles. The number of aliphatic hydroxyl groups excluding tert-OH is 8. The van der Waals surface area contributed by atoms with Crippen LogP contribution in [0.4, 0.5) is 0 Å². The summed E-state index contributed by atoms with van der Waals surface area (Å²) < 4.78 is 24.6. The topological polar surface area (TPSA) is 239 Å². The van der Waals surface area contributed by atoms with E-state index >= 15 is 0 Å². The third-order valence-electron chi connectivity index (χ3n) is 14.5. The lowest BCUT2D eigenvalue weighted by molar-refractivity contribution is -0.324. The molecule has 0 radical (unpaired) electrons. The Bertz CT molecular complexity index is 1270. The molecule has 2 heterocycles. The minimum absolute atomic E-state index is 0.0792. The Balaban J connectivity index is 1.30. The van der Waals surface area contributed by atoms with E-state index < -0.39 is 97.3 Å². The molecule has 10 N–H and O–H groups in total. The summed E-state index contributed by atoms with van der Waals surface area (Å²) in [4.78, 5) is 0. The number of hydrogen-bond donors (Lipinski definition) is 10. The first-order valence-electron chi connectivity index (χ1n) is 19.3. The Morgan fingerprint density at radius 2 is 1.69 bits per heavy atom. The Kier molecular flexibility index (Phi) is 11.7. The van der Waals surface area contributed by atoms with Gasteiger partial charge in [-0.25, -0.2) is 0 Å². The number of fused-ring (bicyclic) bond motifs is 5. The molecule has 0 aromatic rings. The highest BCUT2D eigenvalue weighted by Gasteiger charge is 2.65. The summed E-state index contributed by atoms with van der Waals surface area (Å²) in [6.07, 6.45) is -5.68. The van der Waals surface area contributed by atoms with E-state index in [0.717, 1.165) is 24.8 Å². The number of rotatable bonds is 11. The second-order valence-electron chi connectivity index (χ2n) is 18.2. The molecule has 19 atom stereocenters. The molecule has 0 amide bonds. The third kappa shape index (κ3) is 7.06. The lowest BCUT2D eigenvalue weighted by Crippen LogP contribution is -2.62. The second kappa shape index (κ2) is 14.9. The van der Waals surface area contributed by atoms with Crippen LogP contribution in [0.25, 0.3) is 0 Å². The molecule has 14 nitrogen and oxygen atoms in total. The lowest BCUT2D eigenvalue weighted by Gasteiger charge is -2.60. The maximum atomic E-state index is 11.6. The summed E-state index contributed by atoms with van der Waals surface area (Å²) in [6, 6.07) is 0. The Labute approximate surface area is 306 Å². The van der Waals surface area contributed by atoms with Gasteiger partial charge in [-0.1, -0.05) is 32.4 Å². The van der Waals surface area contributed by atoms with Crippen LogP contribution in [0.2, 0.25) is 0 Å². The molecular weight excluding hydrogens is 680 g/mol. The van der Waals surface area contributed by atoms with Crippen LogP contribution in [0.3, 0.4) is 0 Å². The van der Waals surface area contributed by atoms with Crippen molar-refractivity contribution in [2.75, 3.05) is 19.8 Å². The molecule has 2 saturated heterocycles. The third-order valence-corrected chi connectivity index (χ3v) is 14.5. The highest BCUT2D eigenvalue weighted by Crippen LogP contribution is 2.68. The predicted molar refractivity (Wildman–Crippen MR) is 184 cm³/mol. The molecule has 2 aliphatic heterocycles. The van der Waals surface area contributed by atoms with E-state index in [0.29, 0.717) is 25.7 Å². The van der Waals surface area contributed by atoms with Gasteiger partial charge in [0.05, 0.1) is 49.8 Å². The molecular formula is C38H64O14. The van der Waals surface area contributed by atoms with Crippen molar-refractivity contribution in [1.29, 1.82) is 0 Å². The van der Waals surface area contributed by atoms with Crippen LogP contribution in [0.15, 0.2) is 11.6 Å². The van der Waals surface area contributed by atoms with Crippen LogP contribution in [-0.4, -0.2) is 150 Å². The number of allylic oxidation sites excluding steroid dienone is 1. The fourth-order valence-electron chi connectivity index (χ4n) is 11.4. The van der Waals surface area contributed by atoms with Crippen molar-refractivity contribution in [3.8, 4) is 0 Å². The summed E-state index contributed by atoms with van der Waals surface area (Å²) >= 11 is 0.